The highest BCUT2D eigenvalue weighted by Crippen LogP contribution is 2.30. The molecule has 1 aromatic rings. The number of hydrogen-bond acceptors (Lipinski definition) is 4. The van der Waals surface area contributed by atoms with E-state index in [4.69, 9.17) is 16.3 Å². The summed E-state index contributed by atoms with van der Waals surface area (Å²) < 4.78 is 5.18. The summed E-state index contributed by atoms with van der Waals surface area (Å²) in [6.45, 7) is 2.35. The van der Waals surface area contributed by atoms with Crippen molar-refractivity contribution in [3.63, 3.8) is 0 Å². The minimum Gasteiger partial charge on any atom is -0.495 e. The third kappa shape index (κ3) is 2.53. The van der Waals surface area contributed by atoms with Gasteiger partial charge in [-0.15, -0.1) is 0 Å². The van der Waals surface area contributed by atoms with Crippen LogP contribution in [0.3, 0.4) is 0 Å². The minimum absolute atomic E-state index is 0.130. The predicted octanol–water partition coefficient (Wildman–Crippen LogP) is 1.33. The van der Waals surface area contributed by atoms with Gasteiger partial charge in [0.05, 0.1) is 18.2 Å². The van der Waals surface area contributed by atoms with Gasteiger partial charge in [0, 0.05) is 31.4 Å². The molecule has 1 aromatic carbocycles. The van der Waals surface area contributed by atoms with Crippen molar-refractivity contribution in [3.8, 4) is 5.75 Å². The highest BCUT2D eigenvalue weighted by atomic mass is 35.5. The van der Waals surface area contributed by atoms with E-state index in [0.717, 1.165) is 25.1 Å². The second-order valence-corrected chi connectivity index (χ2v) is 4.33. The van der Waals surface area contributed by atoms with Gasteiger partial charge in [0.2, 0.25) is 0 Å². The number of ether oxygens (including phenoxy) is 1. The summed E-state index contributed by atoms with van der Waals surface area (Å²) >= 11 is 5.98. The van der Waals surface area contributed by atoms with Gasteiger partial charge in [0.15, 0.2) is 0 Å². The van der Waals surface area contributed by atoms with E-state index in [-0.39, 0.29) is 6.04 Å². The number of aldehydes is 1. The highest BCUT2D eigenvalue weighted by molar-refractivity contribution is 6.32. The molecule has 2 rings (SSSR count). The number of halogens is 1. The molecule has 0 radical (unpaired) electrons. The molecule has 0 saturated carbocycles. The highest BCUT2D eigenvalue weighted by Gasteiger charge is 2.22. The Morgan fingerprint density at radius 1 is 1.59 bits per heavy atom. The Labute approximate surface area is 106 Å². The molecular formula is C12H15ClN2O2. The fraction of sp³-hybridized carbons (Fsp3) is 0.417. The Bertz CT molecular complexity index is 411. The van der Waals surface area contributed by atoms with Crippen LogP contribution in [0.15, 0.2) is 18.2 Å². The maximum atomic E-state index is 11.0. The molecule has 0 aromatic heterocycles. The lowest BCUT2D eigenvalue weighted by molar-refractivity contribution is -0.109. The Hall–Kier alpha value is -1.26. The third-order valence-electron chi connectivity index (χ3n) is 2.91. The first-order chi connectivity index (χ1) is 8.26. The zero-order valence-electron chi connectivity index (χ0n) is 9.65. The van der Waals surface area contributed by atoms with Crippen molar-refractivity contribution in [2.45, 2.75) is 6.04 Å². The van der Waals surface area contributed by atoms with Gasteiger partial charge in [-0.3, -0.25) is 0 Å². The first-order valence-electron chi connectivity index (χ1n) is 5.52. The number of rotatable bonds is 3. The van der Waals surface area contributed by atoms with E-state index in [0.29, 0.717) is 17.3 Å². The lowest BCUT2D eigenvalue weighted by Crippen LogP contribution is -2.52. The van der Waals surface area contributed by atoms with E-state index in [9.17, 15) is 4.79 Å². The number of benzene rings is 1. The molecule has 1 aliphatic heterocycles. The standard InChI is InChI=1S/C12H15ClN2O2/c1-17-12-6-9(2-3-11(12)13)15-5-4-14-7-10(15)8-16/h2-3,6,8,10,14H,4-5,7H2,1H3. The van der Waals surface area contributed by atoms with Crippen molar-refractivity contribution in [2.24, 2.45) is 0 Å². The number of nitrogens with one attached hydrogen (secondary N) is 1. The van der Waals surface area contributed by atoms with Gasteiger partial charge in [0.1, 0.15) is 12.0 Å². The average Bonchev–Trinajstić information content (AvgIpc) is 2.39. The number of piperazine rings is 1. The number of methoxy groups -OCH3 is 1. The van der Waals surface area contributed by atoms with Gasteiger partial charge in [-0.1, -0.05) is 11.6 Å². The molecule has 1 heterocycles. The first kappa shape index (κ1) is 12.2. The molecule has 4 nitrogen and oxygen atoms in total. The molecule has 1 fully saturated rings. The summed E-state index contributed by atoms with van der Waals surface area (Å²) in [7, 11) is 1.58. The molecule has 0 aliphatic carbocycles. The second-order valence-electron chi connectivity index (χ2n) is 3.92. The van der Waals surface area contributed by atoms with E-state index in [2.05, 4.69) is 10.2 Å². The fourth-order valence-electron chi connectivity index (χ4n) is 1.99. The SMILES string of the molecule is COc1cc(N2CCNCC2C=O)ccc1Cl. The average molecular weight is 255 g/mol. The van der Waals surface area contributed by atoms with Crippen LogP contribution in [0.4, 0.5) is 5.69 Å². The zero-order chi connectivity index (χ0) is 12.3. The van der Waals surface area contributed by atoms with E-state index in [1.807, 2.05) is 12.1 Å². The van der Waals surface area contributed by atoms with Crippen molar-refractivity contribution in [1.29, 1.82) is 0 Å². The number of carbonyl (C=O) groups excluding carboxylic acids is 1. The number of anilines is 1. The van der Waals surface area contributed by atoms with Crippen LogP contribution in [-0.4, -0.2) is 39.1 Å². The van der Waals surface area contributed by atoms with Crippen LogP contribution in [0, 0.1) is 0 Å². The van der Waals surface area contributed by atoms with Crippen LogP contribution in [0.1, 0.15) is 0 Å². The third-order valence-corrected chi connectivity index (χ3v) is 3.22. The molecule has 0 amide bonds. The number of carbonyl (C=O) groups is 1. The molecular weight excluding hydrogens is 240 g/mol. The molecule has 92 valence electrons. The number of nitrogens with zero attached hydrogens (tertiary/aromatic N) is 1. The van der Waals surface area contributed by atoms with Gasteiger partial charge in [-0.05, 0) is 12.1 Å². The largest absolute Gasteiger partial charge is 0.495 e. The topological polar surface area (TPSA) is 41.6 Å². The quantitative estimate of drug-likeness (QED) is 0.827. The Balaban J connectivity index is 2.28. The van der Waals surface area contributed by atoms with Crippen LogP contribution in [0.2, 0.25) is 5.02 Å². The van der Waals surface area contributed by atoms with Crippen LogP contribution in [0.25, 0.3) is 0 Å². The first-order valence-corrected chi connectivity index (χ1v) is 5.90. The van der Waals surface area contributed by atoms with Gasteiger partial charge >= 0.3 is 0 Å². The molecule has 1 unspecified atom stereocenters. The number of hydrogen-bond donors (Lipinski definition) is 1. The normalized spacial score (nSPS) is 20.1. The van der Waals surface area contributed by atoms with Crippen LogP contribution in [0.5, 0.6) is 5.75 Å². The van der Waals surface area contributed by atoms with E-state index in [1.54, 1.807) is 13.2 Å². The van der Waals surface area contributed by atoms with Crippen molar-refractivity contribution in [3.05, 3.63) is 23.2 Å². The zero-order valence-corrected chi connectivity index (χ0v) is 10.4. The van der Waals surface area contributed by atoms with Crippen molar-refractivity contribution in [1.82, 2.24) is 5.32 Å². The van der Waals surface area contributed by atoms with Crippen LogP contribution < -0.4 is 15.0 Å². The van der Waals surface area contributed by atoms with E-state index >= 15 is 0 Å². The molecule has 5 heteroatoms. The Kier molecular flexibility index (Phi) is 3.86. The second kappa shape index (κ2) is 5.38. The van der Waals surface area contributed by atoms with Crippen LogP contribution in [-0.2, 0) is 4.79 Å². The van der Waals surface area contributed by atoms with Gasteiger partial charge < -0.3 is 19.7 Å². The molecule has 1 atom stereocenters. The molecule has 1 N–H and O–H groups in total. The molecule has 1 saturated heterocycles. The van der Waals surface area contributed by atoms with Gasteiger partial charge in [-0.25, -0.2) is 0 Å². The van der Waals surface area contributed by atoms with Gasteiger partial charge in [-0.2, -0.15) is 0 Å². The smallest absolute Gasteiger partial charge is 0.143 e. The minimum atomic E-state index is -0.130. The summed E-state index contributed by atoms with van der Waals surface area (Å²) in [5.41, 5.74) is 0.963. The van der Waals surface area contributed by atoms with Crippen LogP contribution >= 0.6 is 11.6 Å². The maximum absolute atomic E-state index is 11.0. The summed E-state index contributed by atoms with van der Waals surface area (Å²) in [5.74, 6) is 0.632. The fourth-order valence-corrected chi connectivity index (χ4v) is 2.19. The Morgan fingerprint density at radius 3 is 3.12 bits per heavy atom. The summed E-state index contributed by atoms with van der Waals surface area (Å²) in [6.07, 6.45) is 0.966. The summed E-state index contributed by atoms with van der Waals surface area (Å²) in [4.78, 5) is 13.1. The molecule has 0 bridgehead atoms. The summed E-state index contributed by atoms with van der Waals surface area (Å²) in [6, 6.07) is 5.44. The molecule has 17 heavy (non-hydrogen) atoms. The Morgan fingerprint density at radius 2 is 2.41 bits per heavy atom. The predicted molar refractivity (Wildman–Crippen MR) is 68.1 cm³/mol. The molecule has 0 spiro atoms. The summed E-state index contributed by atoms with van der Waals surface area (Å²) in [5, 5.41) is 3.77. The van der Waals surface area contributed by atoms with Gasteiger partial charge in [0.25, 0.3) is 0 Å². The maximum Gasteiger partial charge on any atom is 0.143 e. The van der Waals surface area contributed by atoms with E-state index < -0.39 is 0 Å². The van der Waals surface area contributed by atoms with Crippen molar-refractivity contribution in [2.75, 3.05) is 31.6 Å². The van der Waals surface area contributed by atoms with Crippen molar-refractivity contribution >= 4 is 23.6 Å². The monoisotopic (exact) mass is 254 g/mol. The lowest BCUT2D eigenvalue weighted by atomic mass is 10.1. The molecule has 1 aliphatic rings. The van der Waals surface area contributed by atoms with Crippen molar-refractivity contribution < 1.29 is 9.53 Å². The van der Waals surface area contributed by atoms with E-state index in [1.165, 1.54) is 0 Å². The lowest BCUT2D eigenvalue weighted by Gasteiger charge is -2.35.